The van der Waals surface area contributed by atoms with Gasteiger partial charge in [-0.2, -0.15) is 4.31 Å². The number of fused-ring (bicyclic) bond motifs is 1. The first-order chi connectivity index (χ1) is 8.05. The van der Waals surface area contributed by atoms with E-state index in [0.717, 1.165) is 12.0 Å². The fourth-order valence-electron chi connectivity index (χ4n) is 2.04. The molecule has 0 saturated heterocycles. The molecule has 1 heterocycles. The number of aliphatic hydroxyl groups is 1. The molecule has 0 fully saturated rings. The average molecular weight is 255 g/mol. The van der Waals surface area contributed by atoms with Crippen molar-refractivity contribution in [1.29, 1.82) is 0 Å². The number of hydrogen-bond acceptors (Lipinski definition) is 3. The Labute approximate surface area is 102 Å². The first-order valence-corrected chi connectivity index (χ1v) is 7.22. The van der Waals surface area contributed by atoms with Crippen molar-refractivity contribution >= 4 is 10.0 Å². The van der Waals surface area contributed by atoms with Gasteiger partial charge in [0.05, 0.1) is 11.9 Å². The lowest BCUT2D eigenvalue weighted by Gasteiger charge is -2.29. The molecule has 0 radical (unpaired) electrons. The van der Waals surface area contributed by atoms with E-state index >= 15 is 0 Å². The van der Waals surface area contributed by atoms with Crippen molar-refractivity contribution in [2.24, 2.45) is 0 Å². The maximum atomic E-state index is 12.1. The Hall–Kier alpha value is -0.910. The van der Waals surface area contributed by atoms with Crippen LogP contribution in [0, 0.1) is 0 Å². The molecule has 0 aliphatic carbocycles. The number of rotatable bonds is 3. The van der Waals surface area contributed by atoms with Crippen molar-refractivity contribution in [3.8, 4) is 0 Å². The summed E-state index contributed by atoms with van der Waals surface area (Å²) in [6.07, 6.45) is 0.744. The number of benzene rings is 1. The van der Waals surface area contributed by atoms with E-state index in [1.807, 2.05) is 24.3 Å². The van der Waals surface area contributed by atoms with Crippen LogP contribution in [0.5, 0.6) is 0 Å². The van der Waals surface area contributed by atoms with E-state index in [4.69, 9.17) is 5.11 Å². The molecular formula is C12H17NO3S. The molecule has 17 heavy (non-hydrogen) atoms. The molecule has 0 bridgehead atoms. The van der Waals surface area contributed by atoms with Crippen LogP contribution in [-0.2, 0) is 23.0 Å². The monoisotopic (exact) mass is 255 g/mol. The number of aliphatic hydroxyl groups excluding tert-OH is 1. The molecule has 5 heteroatoms. The fourth-order valence-corrected chi connectivity index (χ4v) is 3.40. The zero-order valence-corrected chi connectivity index (χ0v) is 10.7. The van der Waals surface area contributed by atoms with E-state index in [1.54, 1.807) is 0 Å². The van der Waals surface area contributed by atoms with Crippen LogP contribution in [0.3, 0.4) is 0 Å². The van der Waals surface area contributed by atoms with Crippen molar-refractivity contribution in [1.82, 2.24) is 4.31 Å². The first-order valence-electron chi connectivity index (χ1n) is 5.72. The Balaban J connectivity index is 2.24. The van der Waals surface area contributed by atoms with Gasteiger partial charge in [0.1, 0.15) is 0 Å². The molecule has 1 aromatic carbocycles. The third-order valence-electron chi connectivity index (χ3n) is 3.22. The van der Waals surface area contributed by atoms with Gasteiger partial charge in [0.15, 0.2) is 0 Å². The van der Waals surface area contributed by atoms with Gasteiger partial charge in [-0.1, -0.05) is 24.3 Å². The lowest BCUT2D eigenvalue weighted by Crippen LogP contribution is -2.41. The predicted molar refractivity (Wildman–Crippen MR) is 66.0 cm³/mol. The van der Waals surface area contributed by atoms with Crippen molar-refractivity contribution in [3.63, 3.8) is 0 Å². The van der Waals surface area contributed by atoms with Gasteiger partial charge in [0.25, 0.3) is 0 Å². The molecule has 1 unspecified atom stereocenters. The number of sulfonamides is 1. The molecule has 1 atom stereocenters. The van der Waals surface area contributed by atoms with Gasteiger partial charge in [-0.05, 0) is 24.5 Å². The summed E-state index contributed by atoms with van der Waals surface area (Å²) in [5.41, 5.74) is 2.28. The van der Waals surface area contributed by atoms with Crippen LogP contribution in [0.2, 0.25) is 0 Å². The Morgan fingerprint density at radius 3 is 2.65 bits per heavy atom. The molecule has 0 saturated carbocycles. The summed E-state index contributed by atoms with van der Waals surface area (Å²) < 4.78 is 25.7. The maximum Gasteiger partial charge on any atom is 0.219 e. The summed E-state index contributed by atoms with van der Waals surface area (Å²) >= 11 is 0. The van der Waals surface area contributed by atoms with Crippen LogP contribution in [0.1, 0.15) is 18.1 Å². The zero-order valence-electron chi connectivity index (χ0n) is 9.83. The summed E-state index contributed by atoms with van der Waals surface area (Å²) in [7, 11) is -3.37. The Kier molecular flexibility index (Phi) is 3.51. The van der Waals surface area contributed by atoms with Gasteiger partial charge in [-0.15, -0.1) is 0 Å². The maximum absolute atomic E-state index is 12.1. The Morgan fingerprint density at radius 1 is 1.35 bits per heavy atom. The van der Waals surface area contributed by atoms with Gasteiger partial charge in [0, 0.05) is 13.1 Å². The highest BCUT2D eigenvalue weighted by Gasteiger charge is 2.30. The van der Waals surface area contributed by atoms with Gasteiger partial charge >= 0.3 is 0 Å². The smallest absolute Gasteiger partial charge is 0.219 e. The lowest BCUT2D eigenvalue weighted by molar-refractivity contribution is 0.287. The topological polar surface area (TPSA) is 57.6 Å². The summed E-state index contributed by atoms with van der Waals surface area (Å²) in [6.45, 7) is 2.13. The van der Waals surface area contributed by atoms with E-state index in [0.29, 0.717) is 13.1 Å². The van der Waals surface area contributed by atoms with Crippen LogP contribution in [0.15, 0.2) is 24.3 Å². The third-order valence-corrected chi connectivity index (χ3v) is 5.42. The van der Waals surface area contributed by atoms with Gasteiger partial charge in [-0.3, -0.25) is 0 Å². The molecule has 4 nitrogen and oxygen atoms in total. The minimum absolute atomic E-state index is 0.333. The Morgan fingerprint density at radius 2 is 2.00 bits per heavy atom. The van der Waals surface area contributed by atoms with Crippen molar-refractivity contribution in [2.45, 2.75) is 25.1 Å². The SMILES string of the molecule is CC(CO)S(=O)(=O)N1CCc2ccccc2C1. The molecule has 0 amide bonds. The van der Waals surface area contributed by atoms with Crippen LogP contribution in [0.4, 0.5) is 0 Å². The molecule has 1 aromatic rings. The van der Waals surface area contributed by atoms with Gasteiger partial charge in [0.2, 0.25) is 10.0 Å². The second-order valence-corrected chi connectivity index (χ2v) is 6.74. The van der Waals surface area contributed by atoms with Crippen LogP contribution in [0.25, 0.3) is 0 Å². The number of nitrogens with zero attached hydrogens (tertiary/aromatic N) is 1. The molecule has 0 aromatic heterocycles. The normalized spacial score (nSPS) is 18.7. The van der Waals surface area contributed by atoms with Crippen molar-refractivity contribution in [3.05, 3.63) is 35.4 Å². The first kappa shape index (κ1) is 12.5. The zero-order chi connectivity index (χ0) is 12.5. The van der Waals surface area contributed by atoms with Crippen LogP contribution < -0.4 is 0 Å². The van der Waals surface area contributed by atoms with E-state index in [9.17, 15) is 8.42 Å². The van der Waals surface area contributed by atoms with Gasteiger partial charge in [-0.25, -0.2) is 8.42 Å². The predicted octanol–water partition coefficient (Wildman–Crippen LogP) is 0.755. The second-order valence-electron chi connectivity index (χ2n) is 4.39. The van der Waals surface area contributed by atoms with Crippen LogP contribution >= 0.6 is 0 Å². The molecule has 1 aliphatic rings. The molecule has 2 rings (SSSR count). The van der Waals surface area contributed by atoms with Crippen molar-refractivity contribution in [2.75, 3.05) is 13.2 Å². The quantitative estimate of drug-likeness (QED) is 0.867. The Bertz CT molecular complexity index is 498. The summed E-state index contributed by atoms with van der Waals surface area (Å²) in [6, 6.07) is 7.89. The van der Waals surface area contributed by atoms with E-state index in [2.05, 4.69) is 0 Å². The molecule has 94 valence electrons. The lowest BCUT2D eigenvalue weighted by atomic mass is 10.0. The van der Waals surface area contributed by atoms with Crippen LogP contribution in [-0.4, -0.2) is 36.2 Å². The van der Waals surface area contributed by atoms with E-state index in [-0.39, 0.29) is 6.61 Å². The molecule has 0 spiro atoms. The standard InChI is InChI=1S/C12H17NO3S/c1-10(9-14)17(15,16)13-7-6-11-4-2-3-5-12(11)8-13/h2-5,10,14H,6-9H2,1H3. The fraction of sp³-hybridized carbons (Fsp3) is 0.500. The van der Waals surface area contributed by atoms with Crippen molar-refractivity contribution < 1.29 is 13.5 Å². The highest BCUT2D eigenvalue weighted by Crippen LogP contribution is 2.22. The average Bonchev–Trinajstić information content (AvgIpc) is 2.37. The number of hydrogen-bond donors (Lipinski definition) is 1. The minimum atomic E-state index is -3.37. The largest absolute Gasteiger partial charge is 0.395 e. The highest BCUT2D eigenvalue weighted by molar-refractivity contribution is 7.89. The van der Waals surface area contributed by atoms with E-state index in [1.165, 1.54) is 16.8 Å². The highest BCUT2D eigenvalue weighted by atomic mass is 32.2. The molecule has 1 aliphatic heterocycles. The minimum Gasteiger partial charge on any atom is -0.395 e. The summed E-state index contributed by atoms with van der Waals surface area (Å²) in [5.74, 6) is 0. The molecular weight excluding hydrogens is 238 g/mol. The second kappa shape index (κ2) is 4.76. The third kappa shape index (κ3) is 2.36. The van der Waals surface area contributed by atoms with Gasteiger partial charge < -0.3 is 5.11 Å². The summed E-state index contributed by atoms with van der Waals surface area (Å²) in [4.78, 5) is 0. The molecule has 1 N–H and O–H groups in total. The summed E-state index contributed by atoms with van der Waals surface area (Å²) in [5, 5.41) is 8.26. The van der Waals surface area contributed by atoms with E-state index < -0.39 is 15.3 Å².